The Morgan fingerprint density at radius 3 is 2.59 bits per heavy atom. The molecule has 0 bridgehead atoms. The number of carbonyl (C=O) groups excluding carboxylic acids is 1. The van der Waals surface area contributed by atoms with Crippen LogP contribution in [0.4, 0.5) is 4.79 Å². The molecule has 1 heterocycles. The maximum absolute atomic E-state index is 11.9. The summed E-state index contributed by atoms with van der Waals surface area (Å²) in [4.78, 5) is 18.8. The van der Waals surface area contributed by atoms with Crippen LogP contribution in [0, 0.1) is 0 Å². The molecule has 1 rings (SSSR count). The lowest BCUT2D eigenvalue weighted by molar-refractivity contribution is -0.151. The third-order valence-corrected chi connectivity index (χ3v) is 2.85. The Bertz CT molecular complexity index is 263. The van der Waals surface area contributed by atoms with E-state index in [1.165, 1.54) is 0 Å². The fraction of sp³-hybridized carbons (Fsp3) is 0.917. The van der Waals surface area contributed by atoms with E-state index in [2.05, 4.69) is 0 Å². The van der Waals surface area contributed by atoms with Gasteiger partial charge in [0.15, 0.2) is 0 Å². The van der Waals surface area contributed by atoms with Crippen molar-refractivity contribution in [2.75, 3.05) is 27.2 Å². The lowest BCUT2D eigenvalue weighted by Crippen LogP contribution is -2.49. The number of rotatable bonds is 2. The van der Waals surface area contributed by atoms with E-state index in [4.69, 9.17) is 9.57 Å². The van der Waals surface area contributed by atoms with E-state index in [-0.39, 0.29) is 12.1 Å². The molecule has 0 aromatic rings. The first-order chi connectivity index (χ1) is 7.83. The van der Waals surface area contributed by atoms with Crippen LogP contribution in [-0.4, -0.2) is 54.9 Å². The number of piperidine rings is 1. The highest BCUT2D eigenvalue weighted by molar-refractivity contribution is 5.68. The topological polar surface area (TPSA) is 42.0 Å². The summed E-state index contributed by atoms with van der Waals surface area (Å²) in [6.45, 7) is 7.08. The number of likely N-dealkylation sites (tertiary alicyclic amines) is 1. The molecular weight excluding hydrogens is 220 g/mol. The van der Waals surface area contributed by atoms with E-state index >= 15 is 0 Å². The van der Waals surface area contributed by atoms with E-state index < -0.39 is 5.60 Å². The fourth-order valence-electron chi connectivity index (χ4n) is 1.89. The van der Waals surface area contributed by atoms with Crippen molar-refractivity contribution >= 4 is 6.09 Å². The van der Waals surface area contributed by atoms with E-state index in [1.54, 1.807) is 17.1 Å². The van der Waals surface area contributed by atoms with Crippen molar-refractivity contribution < 1.29 is 14.4 Å². The minimum Gasteiger partial charge on any atom is -0.444 e. The minimum absolute atomic E-state index is 0.230. The third-order valence-electron chi connectivity index (χ3n) is 2.85. The first-order valence-corrected chi connectivity index (χ1v) is 6.08. The highest BCUT2D eigenvalue weighted by Gasteiger charge is 2.29. The van der Waals surface area contributed by atoms with Crippen molar-refractivity contribution in [1.29, 1.82) is 0 Å². The fourth-order valence-corrected chi connectivity index (χ4v) is 1.89. The van der Waals surface area contributed by atoms with Crippen LogP contribution in [0.15, 0.2) is 0 Å². The van der Waals surface area contributed by atoms with E-state index in [1.807, 2.05) is 27.8 Å². The summed E-state index contributed by atoms with van der Waals surface area (Å²) in [5, 5.41) is 1.80. The molecule has 1 unspecified atom stereocenters. The van der Waals surface area contributed by atoms with Crippen LogP contribution in [-0.2, 0) is 9.57 Å². The Balaban J connectivity index is 2.52. The van der Waals surface area contributed by atoms with Crippen molar-refractivity contribution in [2.45, 2.75) is 45.3 Å². The van der Waals surface area contributed by atoms with Crippen LogP contribution in [0.1, 0.15) is 33.6 Å². The maximum Gasteiger partial charge on any atom is 0.410 e. The molecule has 0 radical (unpaired) electrons. The third kappa shape index (κ3) is 4.52. The quantitative estimate of drug-likeness (QED) is 0.696. The number of hydroxylamine groups is 2. The number of ether oxygens (including phenoxy) is 1. The summed E-state index contributed by atoms with van der Waals surface area (Å²) in [5.74, 6) is 0. The Labute approximate surface area is 104 Å². The predicted octanol–water partition coefficient (Wildman–Crippen LogP) is 1.88. The van der Waals surface area contributed by atoms with Crippen molar-refractivity contribution in [2.24, 2.45) is 0 Å². The highest BCUT2D eigenvalue weighted by atomic mass is 16.7. The molecular formula is C12H24N2O3. The van der Waals surface area contributed by atoms with Gasteiger partial charge in [0.2, 0.25) is 0 Å². The summed E-state index contributed by atoms with van der Waals surface area (Å²) in [6.07, 6.45) is 1.80. The molecule has 1 aliphatic rings. The lowest BCUT2D eigenvalue weighted by atomic mass is 10.1. The number of hydrogen-bond donors (Lipinski definition) is 0. The summed E-state index contributed by atoms with van der Waals surface area (Å²) in [6, 6.07) is 0.251. The first-order valence-electron chi connectivity index (χ1n) is 6.08. The number of likely N-dealkylation sites (N-methyl/N-ethyl adjacent to an activating group) is 1. The standard InChI is InChI=1S/C12H24N2O3/c1-12(2,3)17-11(15)14-8-6-7-10(9-14)13(4)16-5/h10H,6-9H2,1-5H3. The highest BCUT2D eigenvalue weighted by Crippen LogP contribution is 2.17. The van der Waals surface area contributed by atoms with E-state index in [9.17, 15) is 4.79 Å². The Morgan fingerprint density at radius 2 is 2.06 bits per heavy atom. The van der Waals surface area contributed by atoms with Crippen LogP contribution in [0.3, 0.4) is 0 Å². The molecule has 17 heavy (non-hydrogen) atoms. The minimum atomic E-state index is -0.433. The van der Waals surface area contributed by atoms with Gasteiger partial charge in [-0.05, 0) is 33.6 Å². The molecule has 1 aliphatic heterocycles. The number of nitrogens with zero attached hydrogens (tertiary/aromatic N) is 2. The zero-order valence-electron chi connectivity index (χ0n) is 11.5. The van der Waals surface area contributed by atoms with Crippen molar-refractivity contribution in [3.63, 3.8) is 0 Å². The Hall–Kier alpha value is -0.810. The van der Waals surface area contributed by atoms with Gasteiger partial charge in [0.05, 0.1) is 13.2 Å². The SMILES string of the molecule is CON(C)C1CCCN(C(=O)OC(C)(C)C)C1. The molecule has 100 valence electrons. The molecule has 1 atom stereocenters. The van der Waals surface area contributed by atoms with Crippen LogP contribution in [0.25, 0.3) is 0 Å². The first kappa shape index (κ1) is 14.3. The monoisotopic (exact) mass is 244 g/mol. The average Bonchev–Trinajstić information content (AvgIpc) is 2.26. The van der Waals surface area contributed by atoms with Gasteiger partial charge in [-0.15, -0.1) is 0 Å². The second-order valence-electron chi connectivity index (χ2n) is 5.45. The predicted molar refractivity (Wildman–Crippen MR) is 65.6 cm³/mol. The average molecular weight is 244 g/mol. The van der Waals surface area contributed by atoms with Crippen LogP contribution < -0.4 is 0 Å². The van der Waals surface area contributed by atoms with E-state index in [0.717, 1.165) is 19.4 Å². The molecule has 1 saturated heterocycles. The van der Waals surface area contributed by atoms with Crippen molar-refractivity contribution in [1.82, 2.24) is 9.96 Å². The van der Waals surface area contributed by atoms with Gasteiger partial charge >= 0.3 is 6.09 Å². The van der Waals surface area contributed by atoms with Crippen molar-refractivity contribution in [3.8, 4) is 0 Å². The van der Waals surface area contributed by atoms with Crippen LogP contribution >= 0.6 is 0 Å². The maximum atomic E-state index is 11.9. The number of carbonyl (C=O) groups is 1. The van der Waals surface area contributed by atoms with Crippen LogP contribution in [0.5, 0.6) is 0 Å². The van der Waals surface area contributed by atoms with Gasteiger partial charge in [-0.25, -0.2) is 4.79 Å². The van der Waals surface area contributed by atoms with Gasteiger partial charge < -0.3 is 14.5 Å². The zero-order chi connectivity index (χ0) is 13.1. The van der Waals surface area contributed by atoms with Crippen LogP contribution in [0.2, 0.25) is 0 Å². The Kier molecular flexibility index (Phi) is 4.77. The molecule has 0 aliphatic carbocycles. The molecule has 5 heteroatoms. The van der Waals surface area contributed by atoms with Crippen molar-refractivity contribution in [3.05, 3.63) is 0 Å². The van der Waals surface area contributed by atoms with Gasteiger partial charge in [0.1, 0.15) is 5.60 Å². The molecule has 0 aromatic heterocycles. The summed E-state index contributed by atoms with van der Waals surface area (Å²) >= 11 is 0. The molecule has 0 spiro atoms. The van der Waals surface area contributed by atoms with E-state index in [0.29, 0.717) is 6.54 Å². The lowest BCUT2D eigenvalue weighted by Gasteiger charge is -2.37. The number of hydrogen-bond acceptors (Lipinski definition) is 4. The normalized spacial score (nSPS) is 21.8. The van der Waals surface area contributed by atoms with Gasteiger partial charge in [0, 0.05) is 20.1 Å². The zero-order valence-corrected chi connectivity index (χ0v) is 11.5. The molecule has 5 nitrogen and oxygen atoms in total. The summed E-state index contributed by atoms with van der Waals surface area (Å²) in [7, 11) is 3.54. The largest absolute Gasteiger partial charge is 0.444 e. The summed E-state index contributed by atoms with van der Waals surface area (Å²) < 4.78 is 5.37. The van der Waals surface area contributed by atoms with Gasteiger partial charge in [-0.3, -0.25) is 0 Å². The van der Waals surface area contributed by atoms with Gasteiger partial charge in [-0.2, -0.15) is 5.06 Å². The number of amides is 1. The molecule has 0 N–H and O–H groups in total. The molecule has 1 amide bonds. The molecule has 0 aromatic carbocycles. The van der Waals surface area contributed by atoms with Gasteiger partial charge in [0.25, 0.3) is 0 Å². The summed E-state index contributed by atoms with van der Waals surface area (Å²) in [5.41, 5.74) is -0.433. The van der Waals surface area contributed by atoms with Gasteiger partial charge in [-0.1, -0.05) is 0 Å². The Morgan fingerprint density at radius 1 is 1.41 bits per heavy atom. The second-order valence-corrected chi connectivity index (χ2v) is 5.45. The second kappa shape index (κ2) is 5.69. The smallest absolute Gasteiger partial charge is 0.410 e. The molecule has 1 fully saturated rings. The molecule has 0 saturated carbocycles.